The maximum absolute atomic E-state index is 13.3. The highest BCUT2D eigenvalue weighted by atomic mass is 16.3. The molecule has 156 valence electrons. The molecule has 2 heterocycles. The maximum atomic E-state index is 13.3. The van der Waals surface area contributed by atoms with E-state index in [2.05, 4.69) is 48.3 Å². The maximum Gasteiger partial charge on any atom is 0.273 e. The van der Waals surface area contributed by atoms with E-state index in [1.807, 2.05) is 30.9 Å². The number of nitrogens with zero attached hydrogens (tertiary/aromatic N) is 2. The van der Waals surface area contributed by atoms with Crippen LogP contribution in [0.5, 0.6) is 5.75 Å². The highest BCUT2D eigenvalue weighted by Gasteiger charge is 2.42. The molecule has 5 nitrogen and oxygen atoms in total. The SMILES string of the molecule is CCCCN1C(=O)c2[nH]nc(-c3cc(C)cc(C)c3O)c2C1c1ccc(CC)cc1. The van der Waals surface area contributed by atoms with Crippen LogP contribution in [0.4, 0.5) is 0 Å². The fourth-order valence-corrected chi connectivity index (χ4v) is 4.38. The molecule has 4 rings (SSSR count). The van der Waals surface area contributed by atoms with E-state index in [0.29, 0.717) is 23.5 Å². The van der Waals surface area contributed by atoms with E-state index in [1.54, 1.807) is 0 Å². The second-order valence-corrected chi connectivity index (χ2v) is 8.19. The minimum absolute atomic E-state index is 0.0226. The number of rotatable bonds is 6. The van der Waals surface area contributed by atoms with Crippen LogP contribution in [0.2, 0.25) is 0 Å². The number of hydrogen-bond donors (Lipinski definition) is 2. The Hall–Kier alpha value is -3.08. The fraction of sp³-hybridized carbons (Fsp3) is 0.360. The van der Waals surface area contributed by atoms with Crippen LogP contribution in [0.1, 0.15) is 71.0 Å². The van der Waals surface area contributed by atoms with E-state index in [1.165, 1.54) is 5.56 Å². The van der Waals surface area contributed by atoms with Crippen molar-refractivity contribution in [2.75, 3.05) is 6.54 Å². The number of unbranched alkanes of at least 4 members (excludes halogenated alkanes) is 1. The summed E-state index contributed by atoms with van der Waals surface area (Å²) in [4.78, 5) is 15.2. The van der Waals surface area contributed by atoms with E-state index < -0.39 is 0 Å². The second-order valence-electron chi connectivity index (χ2n) is 8.19. The Kier molecular flexibility index (Phi) is 5.37. The second kappa shape index (κ2) is 7.98. The highest BCUT2D eigenvalue weighted by molar-refractivity contribution is 6.00. The number of benzene rings is 2. The first-order valence-corrected chi connectivity index (χ1v) is 10.7. The lowest BCUT2D eigenvalue weighted by atomic mass is 9.93. The van der Waals surface area contributed by atoms with Gasteiger partial charge in [-0.3, -0.25) is 9.89 Å². The van der Waals surface area contributed by atoms with Crippen molar-refractivity contribution in [3.05, 3.63) is 69.9 Å². The third-order valence-electron chi connectivity index (χ3n) is 6.02. The molecule has 1 aliphatic rings. The molecule has 2 aromatic carbocycles. The van der Waals surface area contributed by atoms with Crippen LogP contribution in [-0.2, 0) is 6.42 Å². The van der Waals surface area contributed by atoms with Gasteiger partial charge >= 0.3 is 0 Å². The van der Waals surface area contributed by atoms with Gasteiger partial charge < -0.3 is 10.0 Å². The minimum atomic E-state index is -0.209. The Morgan fingerprint density at radius 3 is 2.53 bits per heavy atom. The number of aromatic hydroxyl groups is 1. The molecule has 1 unspecified atom stereocenters. The summed E-state index contributed by atoms with van der Waals surface area (Å²) in [5.74, 6) is 0.195. The summed E-state index contributed by atoms with van der Waals surface area (Å²) in [6.45, 7) is 8.85. The number of aromatic nitrogens is 2. The topological polar surface area (TPSA) is 69.2 Å². The number of carbonyl (C=O) groups excluding carboxylic acids is 1. The summed E-state index contributed by atoms with van der Waals surface area (Å²) in [7, 11) is 0. The molecular weight excluding hydrogens is 374 g/mol. The molecule has 30 heavy (non-hydrogen) atoms. The number of H-pyrrole nitrogens is 1. The number of hydrogen-bond acceptors (Lipinski definition) is 3. The summed E-state index contributed by atoms with van der Waals surface area (Å²) >= 11 is 0. The van der Waals surface area contributed by atoms with Crippen LogP contribution in [0.25, 0.3) is 11.3 Å². The third kappa shape index (κ3) is 3.28. The number of carbonyl (C=O) groups is 1. The Morgan fingerprint density at radius 1 is 1.13 bits per heavy atom. The highest BCUT2D eigenvalue weighted by Crippen LogP contribution is 2.45. The molecule has 0 spiro atoms. The van der Waals surface area contributed by atoms with Crippen molar-refractivity contribution in [2.24, 2.45) is 0 Å². The van der Waals surface area contributed by atoms with Gasteiger partial charge in [0.25, 0.3) is 5.91 Å². The van der Waals surface area contributed by atoms with Crippen molar-refractivity contribution < 1.29 is 9.90 Å². The Bertz CT molecular complexity index is 1080. The van der Waals surface area contributed by atoms with Gasteiger partial charge in [0.15, 0.2) is 0 Å². The third-order valence-corrected chi connectivity index (χ3v) is 6.02. The summed E-state index contributed by atoms with van der Waals surface area (Å²) in [5.41, 5.74) is 6.91. The molecule has 0 bridgehead atoms. The van der Waals surface area contributed by atoms with Crippen LogP contribution in [-0.4, -0.2) is 32.7 Å². The van der Waals surface area contributed by atoms with Crippen LogP contribution in [0.15, 0.2) is 36.4 Å². The van der Waals surface area contributed by atoms with E-state index in [0.717, 1.165) is 41.5 Å². The average Bonchev–Trinajstić information content (AvgIpc) is 3.28. The van der Waals surface area contributed by atoms with Crippen LogP contribution in [0.3, 0.4) is 0 Å². The number of fused-ring (bicyclic) bond motifs is 1. The van der Waals surface area contributed by atoms with Gasteiger partial charge in [0.05, 0.1) is 6.04 Å². The van der Waals surface area contributed by atoms with Gasteiger partial charge in [-0.1, -0.05) is 50.6 Å². The predicted octanol–water partition coefficient (Wildman–Crippen LogP) is 5.31. The summed E-state index contributed by atoms with van der Waals surface area (Å²) in [5, 5.41) is 18.2. The summed E-state index contributed by atoms with van der Waals surface area (Å²) in [6, 6.07) is 12.2. The number of aromatic amines is 1. The first-order chi connectivity index (χ1) is 14.5. The molecule has 0 radical (unpaired) electrons. The lowest BCUT2D eigenvalue weighted by molar-refractivity contribution is 0.0741. The zero-order chi connectivity index (χ0) is 21.4. The normalized spacial score (nSPS) is 15.7. The van der Waals surface area contributed by atoms with Gasteiger partial charge in [0.2, 0.25) is 0 Å². The average molecular weight is 404 g/mol. The van der Waals surface area contributed by atoms with Crippen molar-refractivity contribution in [3.8, 4) is 17.0 Å². The van der Waals surface area contributed by atoms with Gasteiger partial charge in [0.1, 0.15) is 17.1 Å². The van der Waals surface area contributed by atoms with E-state index in [9.17, 15) is 9.90 Å². The number of phenols is 1. The fourth-order valence-electron chi connectivity index (χ4n) is 4.38. The molecule has 1 amide bonds. The van der Waals surface area contributed by atoms with Gasteiger partial charge in [-0.25, -0.2) is 0 Å². The van der Waals surface area contributed by atoms with E-state index in [-0.39, 0.29) is 17.7 Å². The van der Waals surface area contributed by atoms with Crippen molar-refractivity contribution >= 4 is 5.91 Å². The van der Waals surface area contributed by atoms with Gasteiger partial charge in [-0.2, -0.15) is 5.10 Å². The molecule has 0 saturated heterocycles. The van der Waals surface area contributed by atoms with Crippen LogP contribution in [0, 0.1) is 13.8 Å². The lowest BCUT2D eigenvalue weighted by Gasteiger charge is -2.26. The number of phenolic OH excluding ortho intramolecular Hbond substituents is 1. The van der Waals surface area contributed by atoms with Gasteiger partial charge in [-0.05, 0) is 55.0 Å². The first-order valence-electron chi connectivity index (χ1n) is 10.7. The molecule has 0 aliphatic carbocycles. The van der Waals surface area contributed by atoms with E-state index >= 15 is 0 Å². The molecule has 5 heteroatoms. The quantitative estimate of drug-likeness (QED) is 0.586. The standard InChI is InChI=1S/C25H29N3O2/c1-5-7-12-28-23(18-10-8-17(6-2)9-11-18)20-21(26-27-22(20)25(28)30)19-14-15(3)13-16(4)24(19)29/h8-11,13-14,23,29H,5-7,12H2,1-4H3,(H,26,27). The molecule has 1 atom stereocenters. The molecular formula is C25H29N3O2. The van der Waals surface area contributed by atoms with E-state index in [4.69, 9.17) is 0 Å². The Morgan fingerprint density at radius 2 is 1.87 bits per heavy atom. The molecule has 1 aromatic heterocycles. The minimum Gasteiger partial charge on any atom is -0.507 e. The van der Waals surface area contributed by atoms with Crippen molar-refractivity contribution in [2.45, 2.75) is 53.0 Å². The van der Waals surface area contributed by atoms with Crippen molar-refractivity contribution in [3.63, 3.8) is 0 Å². The van der Waals surface area contributed by atoms with Crippen LogP contribution < -0.4 is 0 Å². The molecule has 2 N–H and O–H groups in total. The zero-order valence-corrected chi connectivity index (χ0v) is 18.1. The predicted molar refractivity (Wildman–Crippen MR) is 119 cm³/mol. The largest absolute Gasteiger partial charge is 0.507 e. The Labute approximate surface area is 177 Å². The van der Waals surface area contributed by atoms with Gasteiger partial charge in [0, 0.05) is 17.7 Å². The molecule has 0 saturated carbocycles. The molecule has 3 aromatic rings. The monoisotopic (exact) mass is 403 g/mol. The summed E-state index contributed by atoms with van der Waals surface area (Å²) in [6.07, 6.45) is 2.93. The lowest BCUT2D eigenvalue weighted by Crippen LogP contribution is -2.30. The van der Waals surface area contributed by atoms with Gasteiger partial charge in [-0.15, -0.1) is 0 Å². The molecule has 0 fully saturated rings. The molecule has 1 aliphatic heterocycles. The zero-order valence-electron chi connectivity index (χ0n) is 18.1. The Balaban J connectivity index is 1.89. The van der Waals surface area contributed by atoms with Crippen molar-refractivity contribution in [1.82, 2.24) is 15.1 Å². The summed E-state index contributed by atoms with van der Waals surface area (Å²) < 4.78 is 0. The number of amides is 1. The smallest absolute Gasteiger partial charge is 0.273 e. The first kappa shape index (κ1) is 20.2. The van der Waals surface area contributed by atoms with Crippen LogP contribution >= 0.6 is 0 Å². The van der Waals surface area contributed by atoms with Crippen molar-refractivity contribution in [1.29, 1.82) is 0 Å². The number of aryl methyl sites for hydroxylation is 3. The number of nitrogens with one attached hydrogen (secondary N) is 1.